The minimum absolute atomic E-state index is 0.0549. The number of phenols is 1. The molecule has 1 saturated heterocycles. The van der Waals surface area contributed by atoms with E-state index in [2.05, 4.69) is 4.90 Å². The molecule has 0 bridgehead atoms. The van der Waals surface area contributed by atoms with Gasteiger partial charge in [-0.1, -0.05) is 6.07 Å². The van der Waals surface area contributed by atoms with Gasteiger partial charge in [-0.25, -0.2) is 0 Å². The molecule has 0 amide bonds. The van der Waals surface area contributed by atoms with Gasteiger partial charge >= 0.3 is 5.97 Å². The maximum atomic E-state index is 12.4. The number of rotatable bonds is 7. The van der Waals surface area contributed by atoms with Crippen molar-refractivity contribution in [2.24, 2.45) is 0 Å². The maximum Gasteiger partial charge on any atom is 0.306 e. The molecule has 0 spiro atoms. The SMILES string of the molecule is COC(=O)CC(c1ccc(OC)c(O)c1)c1oc(CN2CCOCC2)cc(=O)c1O. The number of phenolic OH excluding ortho intramolecular Hbond substituents is 1. The Balaban J connectivity index is 2.02. The van der Waals surface area contributed by atoms with Gasteiger partial charge < -0.3 is 28.8 Å². The molecule has 1 atom stereocenters. The van der Waals surface area contributed by atoms with E-state index in [4.69, 9.17) is 18.6 Å². The Morgan fingerprint density at radius 2 is 1.93 bits per heavy atom. The number of esters is 1. The van der Waals surface area contributed by atoms with Crippen LogP contribution in [0.2, 0.25) is 0 Å². The topological polar surface area (TPSA) is 119 Å². The third kappa shape index (κ3) is 4.92. The quantitative estimate of drug-likeness (QED) is 0.645. The second kappa shape index (κ2) is 9.64. The average molecular weight is 419 g/mol. The molecule has 1 aliphatic rings. The van der Waals surface area contributed by atoms with Gasteiger partial charge in [-0.05, 0) is 17.7 Å². The molecule has 1 fully saturated rings. The zero-order valence-corrected chi connectivity index (χ0v) is 16.9. The molecule has 0 aliphatic carbocycles. The first-order valence-electron chi connectivity index (χ1n) is 9.52. The van der Waals surface area contributed by atoms with Gasteiger partial charge in [-0.2, -0.15) is 0 Å². The van der Waals surface area contributed by atoms with Gasteiger partial charge in [0.2, 0.25) is 11.2 Å². The zero-order chi connectivity index (χ0) is 21.7. The molecule has 2 N–H and O–H groups in total. The molecule has 9 heteroatoms. The van der Waals surface area contributed by atoms with Crippen molar-refractivity contribution in [2.45, 2.75) is 18.9 Å². The second-order valence-corrected chi connectivity index (χ2v) is 6.94. The standard InChI is InChI=1S/C21H25NO8/c1-27-18-4-3-13(9-16(18)23)15(11-19(25)28-2)21-20(26)17(24)10-14(30-21)12-22-5-7-29-8-6-22/h3-4,9-10,15,23,26H,5-8,11-12H2,1-2H3. The number of carbonyl (C=O) groups is 1. The fourth-order valence-corrected chi connectivity index (χ4v) is 3.38. The van der Waals surface area contributed by atoms with E-state index >= 15 is 0 Å². The summed E-state index contributed by atoms with van der Waals surface area (Å²) in [5, 5.41) is 20.6. The number of hydrogen-bond donors (Lipinski definition) is 2. The van der Waals surface area contributed by atoms with E-state index in [-0.39, 0.29) is 23.7 Å². The molecule has 1 aliphatic heterocycles. The van der Waals surface area contributed by atoms with E-state index in [1.807, 2.05) is 0 Å². The van der Waals surface area contributed by atoms with Crippen LogP contribution >= 0.6 is 0 Å². The monoisotopic (exact) mass is 419 g/mol. The van der Waals surface area contributed by atoms with Crippen molar-refractivity contribution in [1.29, 1.82) is 0 Å². The van der Waals surface area contributed by atoms with Crippen LogP contribution in [0.3, 0.4) is 0 Å². The predicted octanol–water partition coefficient (Wildman–Crippen LogP) is 1.59. The van der Waals surface area contributed by atoms with Crippen LogP contribution in [0.4, 0.5) is 0 Å². The number of nitrogens with zero attached hydrogens (tertiary/aromatic N) is 1. The van der Waals surface area contributed by atoms with E-state index in [1.54, 1.807) is 6.07 Å². The van der Waals surface area contributed by atoms with Gasteiger partial charge in [-0.15, -0.1) is 0 Å². The first kappa shape index (κ1) is 21.7. The molecule has 30 heavy (non-hydrogen) atoms. The van der Waals surface area contributed by atoms with Crippen LogP contribution in [0.25, 0.3) is 0 Å². The van der Waals surface area contributed by atoms with Gasteiger partial charge in [0, 0.05) is 19.2 Å². The number of hydrogen-bond acceptors (Lipinski definition) is 9. The summed E-state index contributed by atoms with van der Waals surface area (Å²) in [7, 11) is 2.66. The second-order valence-electron chi connectivity index (χ2n) is 6.94. The first-order chi connectivity index (χ1) is 14.4. The molecule has 0 radical (unpaired) electrons. The summed E-state index contributed by atoms with van der Waals surface area (Å²) in [6.07, 6.45) is -0.195. The lowest BCUT2D eigenvalue weighted by atomic mass is 9.92. The van der Waals surface area contributed by atoms with Crippen molar-refractivity contribution in [3.63, 3.8) is 0 Å². The van der Waals surface area contributed by atoms with Crippen molar-refractivity contribution in [3.05, 3.63) is 51.6 Å². The Kier molecular flexibility index (Phi) is 6.96. The number of aromatic hydroxyl groups is 2. The van der Waals surface area contributed by atoms with E-state index in [0.717, 1.165) is 0 Å². The summed E-state index contributed by atoms with van der Waals surface area (Å²) < 4.78 is 21.0. The number of benzene rings is 1. The largest absolute Gasteiger partial charge is 0.504 e. The Bertz CT molecular complexity index is 949. The number of morpholine rings is 1. The number of carbonyl (C=O) groups excluding carboxylic acids is 1. The van der Waals surface area contributed by atoms with Crippen molar-refractivity contribution in [3.8, 4) is 17.2 Å². The third-order valence-corrected chi connectivity index (χ3v) is 5.00. The highest BCUT2D eigenvalue weighted by Crippen LogP contribution is 2.37. The lowest BCUT2D eigenvalue weighted by Gasteiger charge is -2.26. The highest BCUT2D eigenvalue weighted by Gasteiger charge is 2.28. The van der Waals surface area contributed by atoms with Crippen LogP contribution in [-0.2, 0) is 20.8 Å². The Labute approximate surface area is 173 Å². The lowest BCUT2D eigenvalue weighted by Crippen LogP contribution is -2.35. The number of methoxy groups -OCH3 is 2. The van der Waals surface area contributed by atoms with E-state index in [9.17, 15) is 19.8 Å². The van der Waals surface area contributed by atoms with Crippen LogP contribution in [0.1, 0.15) is 29.4 Å². The normalized spacial score (nSPS) is 15.5. The Morgan fingerprint density at radius 3 is 2.57 bits per heavy atom. The Hall–Kier alpha value is -3.04. The van der Waals surface area contributed by atoms with E-state index in [1.165, 1.54) is 32.4 Å². The van der Waals surface area contributed by atoms with E-state index < -0.39 is 23.1 Å². The van der Waals surface area contributed by atoms with Crippen LogP contribution in [0, 0.1) is 0 Å². The predicted molar refractivity (Wildman–Crippen MR) is 106 cm³/mol. The minimum Gasteiger partial charge on any atom is -0.504 e. The molecule has 9 nitrogen and oxygen atoms in total. The van der Waals surface area contributed by atoms with E-state index in [0.29, 0.717) is 44.2 Å². The Morgan fingerprint density at radius 1 is 1.20 bits per heavy atom. The van der Waals surface area contributed by atoms with Gasteiger partial charge in [0.05, 0.1) is 46.3 Å². The highest BCUT2D eigenvalue weighted by atomic mass is 16.5. The van der Waals surface area contributed by atoms with Crippen LogP contribution in [0.15, 0.2) is 33.5 Å². The van der Waals surface area contributed by atoms with Crippen molar-refractivity contribution in [1.82, 2.24) is 4.90 Å². The summed E-state index contributed by atoms with van der Waals surface area (Å²) in [6.45, 7) is 2.93. The first-order valence-corrected chi connectivity index (χ1v) is 9.52. The molecule has 2 aromatic rings. The van der Waals surface area contributed by atoms with Gasteiger partial charge in [-0.3, -0.25) is 14.5 Å². The average Bonchev–Trinajstić information content (AvgIpc) is 2.75. The molecule has 1 aromatic carbocycles. The molecular weight excluding hydrogens is 394 g/mol. The molecule has 1 aromatic heterocycles. The van der Waals surface area contributed by atoms with Crippen molar-refractivity contribution < 1.29 is 33.6 Å². The third-order valence-electron chi connectivity index (χ3n) is 5.00. The summed E-state index contributed by atoms with van der Waals surface area (Å²) >= 11 is 0. The molecule has 2 heterocycles. The molecule has 162 valence electrons. The smallest absolute Gasteiger partial charge is 0.306 e. The number of ether oxygens (including phenoxy) is 3. The van der Waals surface area contributed by atoms with Gasteiger partial charge in [0.15, 0.2) is 17.3 Å². The summed E-state index contributed by atoms with van der Waals surface area (Å²) in [5.41, 5.74) is -0.146. The zero-order valence-electron chi connectivity index (χ0n) is 16.9. The lowest BCUT2D eigenvalue weighted by molar-refractivity contribution is -0.140. The molecular formula is C21H25NO8. The summed E-state index contributed by atoms with van der Waals surface area (Å²) in [5.74, 6) is -1.56. The summed E-state index contributed by atoms with van der Waals surface area (Å²) in [6, 6.07) is 5.80. The van der Waals surface area contributed by atoms with Crippen LogP contribution < -0.4 is 10.2 Å². The molecule has 0 saturated carbocycles. The molecule has 1 unspecified atom stereocenters. The van der Waals surface area contributed by atoms with Crippen molar-refractivity contribution >= 4 is 5.97 Å². The molecule has 3 rings (SSSR count). The highest BCUT2D eigenvalue weighted by molar-refractivity contribution is 5.71. The van der Waals surface area contributed by atoms with Crippen LogP contribution in [-0.4, -0.2) is 61.6 Å². The van der Waals surface area contributed by atoms with Crippen LogP contribution in [0.5, 0.6) is 17.2 Å². The maximum absolute atomic E-state index is 12.4. The summed E-state index contributed by atoms with van der Waals surface area (Å²) in [4.78, 5) is 26.5. The van der Waals surface area contributed by atoms with Gasteiger partial charge in [0.1, 0.15) is 5.76 Å². The fraction of sp³-hybridized carbons (Fsp3) is 0.429. The fourth-order valence-electron chi connectivity index (χ4n) is 3.38. The van der Waals surface area contributed by atoms with Crippen molar-refractivity contribution in [2.75, 3.05) is 40.5 Å². The van der Waals surface area contributed by atoms with Gasteiger partial charge in [0.25, 0.3) is 0 Å². The minimum atomic E-state index is -0.841.